The first-order valence-corrected chi connectivity index (χ1v) is 9.46. The van der Waals surface area contributed by atoms with Crippen molar-refractivity contribution >= 4 is 28.5 Å². The summed E-state index contributed by atoms with van der Waals surface area (Å²) in [6.45, 7) is 0.785. The number of H-pyrrole nitrogens is 1. The Morgan fingerprint density at radius 3 is 2.71 bits per heavy atom. The van der Waals surface area contributed by atoms with Gasteiger partial charge in [0.25, 0.3) is 0 Å². The van der Waals surface area contributed by atoms with Gasteiger partial charge in [-0.2, -0.15) is 13.2 Å². The molecule has 3 aromatic rings. The zero-order valence-corrected chi connectivity index (χ0v) is 16.0. The van der Waals surface area contributed by atoms with Crippen LogP contribution in [0.2, 0.25) is 0 Å². The number of imidazole rings is 1. The minimum Gasteiger partial charge on any atom is -0.369 e. The lowest BCUT2D eigenvalue weighted by atomic mass is 10.1. The Hall–Kier alpha value is -3.54. The normalized spacial score (nSPS) is 17.6. The molecule has 9 nitrogen and oxygen atoms in total. The van der Waals surface area contributed by atoms with E-state index in [2.05, 4.69) is 30.6 Å². The van der Waals surface area contributed by atoms with E-state index in [1.807, 2.05) is 0 Å². The van der Waals surface area contributed by atoms with Crippen molar-refractivity contribution in [2.24, 2.45) is 5.73 Å². The number of aromatic nitrogens is 4. The summed E-state index contributed by atoms with van der Waals surface area (Å²) in [4.78, 5) is 38.7. The van der Waals surface area contributed by atoms with Crippen molar-refractivity contribution in [1.29, 1.82) is 0 Å². The van der Waals surface area contributed by atoms with E-state index in [0.29, 0.717) is 22.8 Å². The second-order valence-electron chi connectivity index (χ2n) is 7.13. The first-order valence-electron chi connectivity index (χ1n) is 9.46. The molecule has 1 aromatic carbocycles. The van der Waals surface area contributed by atoms with Gasteiger partial charge in [-0.3, -0.25) is 9.59 Å². The van der Waals surface area contributed by atoms with Crippen molar-refractivity contribution in [3.63, 3.8) is 0 Å². The molecule has 4 rings (SSSR count). The Morgan fingerprint density at radius 2 is 2.03 bits per heavy atom. The molecule has 3 heterocycles. The van der Waals surface area contributed by atoms with Crippen molar-refractivity contribution in [2.75, 3.05) is 11.9 Å². The first kappa shape index (κ1) is 20.7. The maximum Gasteiger partial charge on any atom is 0.433 e. The highest BCUT2D eigenvalue weighted by Crippen LogP contribution is 2.29. The molecule has 0 spiro atoms. The number of carbonyl (C=O) groups is 2. The molecule has 0 bridgehead atoms. The van der Waals surface area contributed by atoms with Gasteiger partial charge < -0.3 is 21.4 Å². The fourth-order valence-corrected chi connectivity index (χ4v) is 3.44. The number of nitrogens with one attached hydrogen (secondary N) is 3. The van der Waals surface area contributed by atoms with Gasteiger partial charge in [0.2, 0.25) is 11.8 Å². The van der Waals surface area contributed by atoms with Crippen LogP contribution in [-0.4, -0.2) is 44.3 Å². The molecule has 1 unspecified atom stereocenters. The first-order chi connectivity index (χ1) is 14.7. The van der Waals surface area contributed by atoms with Crippen LogP contribution in [0.25, 0.3) is 11.0 Å². The molecule has 0 radical (unpaired) electrons. The molecule has 1 aliphatic rings. The Balaban J connectivity index is 1.64. The van der Waals surface area contributed by atoms with Crippen LogP contribution in [0.1, 0.15) is 36.1 Å². The summed E-state index contributed by atoms with van der Waals surface area (Å²) in [6.07, 6.45) is -2.11. The van der Waals surface area contributed by atoms with E-state index in [0.717, 1.165) is 25.6 Å². The van der Waals surface area contributed by atoms with Gasteiger partial charge in [0, 0.05) is 11.9 Å². The van der Waals surface area contributed by atoms with Crippen molar-refractivity contribution in [3.05, 3.63) is 47.8 Å². The molecule has 162 valence electrons. The van der Waals surface area contributed by atoms with Gasteiger partial charge in [-0.25, -0.2) is 15.0 Å². The maximum absolute atomic E-state index is 13.0. The van der Waals surface area contributed by atoms with Gasteiger partial charge in [0.05, 0.1) is 17.1 Å². The third-order valence-corrected chi connectivity index (χ3v) is 4.93. The van der Waals surface area contributed by atoms with Gasteiger partial charge in [0.1, 0.15) is 17.3 Å². The van der Waals surface area contributed by atoms with Gasteiger partial charge in [-0.15, -0.1) is 0 Å². The summed E-state index contributed by atoms with van der Waals surface area (Å²) in [5, 5.41) is 5.90. The highest BCUT2D eigenvalue weighted by atomic mass is 19.4. The van der Waals surface area contributed by atoms with E-state index in [9.17, 15) is 22.8 Å². The Kier molecular flexibility index (Phi) is 5.31. The molecule has 31 heavy (non-hydrogen) atoms. The molecule has 1 aliphatic heterocycles. The number of benzene rings is 1. The SMILES string of the molecule is NC(=O)C(c1nccc(C(F)(F)F)n1)c1nc2ccc(NC(=O)[C@H]3CCCN3)cc2[nH]1. The van der Waals surface area contributed by atoms with Crippen LogP contribution in [0.4, 0.5) is 18.9 Å². The average molecular weight is 433 g/mol. The third-order valence-electron chi connectivity index (χ3n) is 4.93. The predicted octanol–water partition coefficient (Wildman–Crippen LogP) is 1.68. The number of nitrogens with zero attached hydrogens (tertiary/aromatic N) is 3. The summed E-state index contributed by atoms with van der Waals surface area (Å²) in [6, 6.07) is 5.31. The van der Waals surface area contributed by atoms with Crippen molar-refractivity contribution in [1.82, 2.24) is 25.3 Å². The number of aromatic amines is 1. The number of hydrogen-bond donors (Lipinski definition) is 4. The molecule has 2 atom stereocenters. The van der Waals surface area contributed by atoms with Gasteiger partial charge >= 0.3 is 6.18 Å². The highest BCUT2D eigenvalue weighted by molar-refractivity contribution is 5.96. The molecule has 2 amide bonds. The fraction of sp³-hybridized carbons (Fsp3) is 0.316. The summed E-state index contributed by atoms with van der Waals surface area (Å²) in [5.74, 6) is -2.94. The number of nitrogens with two attached hydrogens (primary N) is 1. The van der Waals surface area contributed by atoms with E-state index in [-0.39, 0.29) is 17.8 Å². The molecule has 0 saturated carbocycles. The summed E-state index contributed by atoms with van der Waals surface area (Å²) >= 11 is 0. The predicted molar refractivity (Wildman–Crippen MR) is 104 cm³/mol. The van der Waals surface area contributed by atoms with E-state index < -0.39 is 29.5 Å². The van der Waals surface area contributed by atoms with Crippen LogP contribution < -0.4 is 16.4 Å². The quantitative estimate of drug-likeness (QED) is 0.483. The molecule has 2 aromatic heterocycles. The lowest BCUT2D eigenvalue weighted by Gasteiger charge is -2.11. The molecular formula is C19H18F3N7O2. The van der Waals surface area contributed by atoms with Crippen LogP contribution in [0.15, 0.2) is 30.5 Å². The number of alkyl halides is 3. The zero-order chi connectivity index (χ0) is 22.2. The minimum absolute atomic E-state index is 0.00256. The van der Waals surface area contributed by atoms with E-state index >= 15 is 0 Å². The van der Waals surface area contributed by atoms with Gasteiger partial charge in [-0.05, 0) is 43.7 Å². The van der Waals surface area contributed by atoms with Gasteiger partial charge in [-0.1, -0.05) is 0 Å². The topological polar surface area (TPSA) is 139 Å². The molecule has 0 aliphatic carbocycles. The third kappa shape index (κ3) is 4.33. The summed E-state index contributed by atoms with van der Waals surface area (Å²) in [5.41, 5.74) is 5.64. The number of rotatable bonds is 5. The number of fused-ring (bicyclic) bond motifs is 1. The second kappa shape index (κ2) is 7.95. The van der Waals surface area contributed by atoms with Gasteiger partial charge in [0.15, 0.2) is 5.92 Å². The number of halogens is 3. The van der Waals surface area contributed by atoms with Crippen LogP contribution in [0.5, 0.6) is 0 Å². The lowest BCUT2D eigenvalue weighted by Crippen LogP contribution is -2.35. The minimum atomic E-state index is -4.70. The number of hydrogen-bond acceptors (Lipinski definition) is 6. The maximum atomic E-state index is 13.0. The molecule has 1 fully saturated rings. The van der Waals surface area contributed by atoms with Crippen LogP contribution in [0.3, 0.4) is 0 Å². The standard InChI is InChI=1S/C19H18F3N7O2/c20-19(21,22)13-5-7-25-16(29-13)14(15(23)30)17-27-10-4-3-9(8-12(10)28-17)26-18(31)11-2-1-6-24-11/h3-5,7-8,11,14,24H,1-2,6H2,(H2,23,30)(H,26,31)(H,27,28)/t11-,14?/m1/s1. The number of anilines is 1. The number of amides is 2. The largest absolute Gasteiger partial charge is 0.433 e. The Bertz CT molecular complexity index is 1140. The Labute approximate surface area is 173 Å². The van der Waals surface area contributed by atoms with E-state index in [1.54, 1.807) is 18.2 Å². The monoisotopic (exact) mass is 433 g/mol. The second-order valence-corrected chi connectivity index (χ2v) is 7.13. The van der Waals surface area contributed by atoms with Crippen LogP contribution in [0, 0.1) is 0 Å². The van der Waals surface area contributed by atoms with Crippen molar-refractivity contribution in [2.45, 2.75) is 31.0 Å². The highest BCUT2D eigenvalue weighted by Gasteiger charge is 2.35. The molecule has 5 N–H and O–H groups in total. The lowest BCUT2D eigenvalue weighted by molar-refractivity contribution is -0.141. The molecule has 12 heteroatoms. The smallest absolute Gasteiger partial charge is 0.369 e. The molecular weight excluding hydrogens is 415 g/mol. The number of carbonyl (C=O) groups excluding carboxylic acids is 2. The van der Waals surface area contributed by atoms with Crippen LogP contribution >= 0.6 is 0 Å². The van der Waals surface area contributed by atoms with Crippen LogP contribution in [-0.2, 0) is 15.8 Å². The zero-order valence-electron chi connectivity index (χ0n) is 16.0. The Morgan fingerprint density at radius 1 is 1.23 bits per heavy atom. The fourth-order valence-electron chi connectivity index (χ4n) is 3.44. The average Bonchev–Trinajstić information content (AvgIpc) is 3.37. The number of primary amides is 1. The molecule has 1 saturated heterocycles. The summed E-state index contributed by atoms with van der Waals surface area (Å²) < 4.78 is 39.0. The van der Waals surface area contributed by atoms with Crippen molar-refractivity contribution < 1.29 is 22.8 Å². The van der Waals surface area contributed by atoms with E-state index in [4.69, 9.17) is 5.73 Å². The van der Waals surface area contributed by atoms with Crippen molar-refractivity contribution in [3.8, 4) is 0 Å². The summed E-state index contributed by atoms with van der Waals surface area (Å²) in [7, 11) is 0. The van der Waals surface area contributed by atoms with E-state index in [1.165, 1.54) is 0 Å².